The Kier molecular flexibility index (Phi) is 3.99. The number of aromatic nitrogens is 1. The highest BCUT2D eigenvalue weighted by molar-refractivity contribution is 9.10. The van der Waals surface area contributed by atoms with Gasteiger partial charge in [0.15, 0.2) is 0 Å². The number of fused-ring (bicyclic) bond motifs is 1. The fraction of sp³-hybridized carbons (Fsp3) is 0.0625. The predicted octanol–water partition coefficient (Wildman–Crippen LogP) is 4.70. The SMILES string of the molecule is O=C(Cn1ccc2cc(Br)ccc21)Nc1cccc(Cl)c1. The van der Waals surface area contributed by atoms with E-state index in [-0.39, 0.29) is 12.5 Å². The van der Waals surface area contributed by atoms with E-state index in [4.69, 9.17) is 11.6 Å². The van der Waals surface area contributed by atoms with E-state index in [9.17, 15) is 4.79 Å². The Balaban J connectivity index is 1.77. The number of benzene rings is 2. The summed E-state index contributed by atoms with van der Waals surface area (Å²) in [5, 5.41) is 4.54. The van der Waals surface area contributed by atoms with Crippen LogP contribution in [0.3, 0.4) is 0 Å². The number of hydrogen-bond donors (Lipinski definition) is 1. The summed E-state index contributed by atoms with van der Waals surface area (Å²) in [4.78, 5) is 12.1. The predicted molar refractivity (Wildman–Crippen MR) is 89.7 cm³/mol. The maximum Gasteiger partial charge on any atom is 0.244 e. The minimum Gasteiger partial charge on any atom is -0.338 e. The summed E-state index contributed by atoms with van der Waals surface area (Å²) in [5.74, 6) is -0.0855. The number of carbonyl (C=O) groups excluding carboxylic acids is 1. The second-order valence-corrected chi connectivity index (χ2v) is 6.06. The molecule has 0 aliphatic rings. The van der Waals surface area contributed by atoms with Crippen molar-refractivity contribution in [2.45, 2.75) is 6.54 Å². The molecule has 3 nitrogen and oxygen atoms in total. The monoisotopic (exact) mass is 362 g/mol. The molecule has 0 aliphatic carbocycles. The van der Waals surface area contributed by atoms with Crippen molar-refractivity contribution < 1.29 is 4.79 Å². The molecule has 106 valence electrons. The van der Waals surface area contributed by atoms with Crippen molar-refractivity contribution in [1.29, 1.82) is 0 Å². The highest BCUT2D eigenvalue weighted by Crippen LogP contribution is 2.21. The number of anilines is 1. The third kappa shape index (κ3) is 3.28. The maximum atomic E-state index is 12.1. The van der Waals surface area contributed by atoms with Gasteiger partial charge < -0.3 is 9.88 Å². The van der Waals surface area contributed by atoms with Crippen LogP contribution in [0.15, 0.2) is 59.2 Å². The van der Waals surface area contributed by atoms with Gasteiger partial charge in [-0.15, -0.1) is 0 Å². The lowest BCUT2D eigenvalue weighted by atomic mass is 10.2. The third-order valence-corrected chi connectivity index (χ3v) is 3.88. The smallest absolute Gasteiger partial charge is 0.244 e. The van der Waals surface area contributed by atoms with Crippen LogP contribution in [0, 0.1) is 0 Å². The first kappa shape index (κ1) is 14.2. The molecular weight excluding hydrogens is 352 g/mol. The molecule has 1 amide bonds. The highest BCUT2D eigenvalue weighted by Gasteiger charge is 2.07. The Hall–Kier alpha value is -1.78. The summed E-state index contributed by atoms with van der Waals surface area (Å²) in [6.07, 6.45) is 1.91. The average molecular weight is 364 g/mol. The standard InChI is InChI=1S/C16H12BrClN2O/c17-12-4-5-15-11(8-12)6-7-20(15)10-16(21)19-14-3-1-2-13(18)9-14/h1-9H,10H2,(H,19,21). The van der Waals surface area contributed by atoms with Crippen LogP contribution in [0.2, 0.25) is 5.02 Å². The highest BCUT2D eigenvalue weighted by atomic mass is 79.9. The number of nitrogens with one attached hydrogen (secondary N) is 1. The summed E-state index contributed by atoms with van der Waals surface area (Å²) < 4.78 is 2.94. The maximum absolute atomic E-state index is 12.1. The number of halogens is 2. The lowest BCUT2D eigenvalue weighted by Gasteiger charge is -2.08. The zero-order valence-electron chi connectivity index (χ0n) is 11.0. The van der Waals surface area contributed by atoms with Crippen LogP contribution in [0.4, 0.5) is 5.69 Å². The molecular formula is C16H12BrClN2O. The number of nitrogens with zero attached hydrogens (tertiary/aromatic N) is 1. The summed E-state index contributed by atoms with van der Waals surface area (Å²) in [6.45, 7) is 0.262. The molecule has 1 heterocycles. The van der Waals surface area contributed by atoms with Gasteiger partial charge in [0.2, 0.25) is 5.91 Å². The average Bonchev–Trinajstić information content (AvgIpc) is 2.81. The molecule has 0 atom stereocenters. The van der Waals surface area contributed by atoms with Crippen molar-refractivity contribution >= 4 is 50.0 Å². The van der Waals surface area contributed by atoms with Crippen molar-refractivity contribution in [3.63, 3.8) is 0 Å². The van der Waals surface area contributed by atoms with Crippen LogP contribution >= 0.6 is 27.5 Å². The van der Waals surface area contributed by atoms with Gasteiger partial charge in [-0.1, -0.05) is 33.6 Å². The molecule has 0 saturated carbocycles. The molecule has 1 N–H and O–H groups in total. The van der Waals surface area contributed by atoms with Crippen molar-refractivity contribution in [3.05, 3.63) is 64.2 Å². The molecule has 5 heteroatoms. The molecule has 2 aromatic carbocycles. The lowest BCUT2D eigenvalue weighted by molar-refractivity contribution is -0.116. The molecule has 0 fully saturated rings. The topological polar surface area (TPSA) is 34.0 Å². The lowest BCUT2D eigenvalue weighted by Crippen LogP contribution is -2.18. The van der Waals surface area contributed by atoms with Gasteiger partial charge in [-0.05, 0) is 42.5 Å². The van der Waals surface area contributed by atoms with Crippen LogP contribution in [0.5, 0.6) is 0 Å². The summed E-state index contributed by atoms with van der Waals surface area (Å²) in [7, 11) is 0. The first-order valence-corrected chi connectivity index (χ1v) is 7.59. The molecule has 0 radical (unpaired) electrons. The molecule has 0 bridgehead atoms. The zero-order valence-corrected chi connectivity index (χ0v) is 13.4. The number of amides is 1. The van der Waals surface area contributed by atoms with E-state index in [0.717, 1.165) is 15.4 Å². The van der Waals surface area contributed by atoms with Crippen molar-refractivity contribution in [3.8, 4) is 0 Å². The number of hydrogen-bond acceptors (Lipinski definition) is 1. The van der Waals surface area contributed by atoms with E-state index in [2.05, 4.69) is 21.2 Å². The zero-order chi connectivity index (χ0) is 14.8. The van der Waals surface area contributed by atoms with Gasteiger partial charge in [0.1, 0.15) is 6.54 Å². The largest absolute Gasteiger partial charge is 0.338 e. The Bertz CT molecular complexity index is 813. The van der Waals surface area contributed by atoms with Crippen LogP contribution in [-0.4, -0.2) is 10.5 Å². The Morgan fingerprint density at radius 2 is 2.05 bits per heavy atom. The van der Waals surface area contributed by atoms with E-state index in [1.807, 2.05) is 41.1 Å². The van der Waals surface area contributed by atoms with Gasteiger partial charge in [-0.3, -0.25) is 4.79 Å². The van der Waals surface area contributed by atoms with Crippen LogP contribution in [-0.2, 0) is 11.3 Å². The summed E-state index contributed by atoms with van der Waals surface area (Å²) >= 11 is 9.35. The quantitative estimate of drug-likeness (QED) is 0.719. The molecule has 0 unspecified atom stereocenters. The second kappa shape index (κ2) is 5.92. The molecule has 0 aliphatic heterocycles. The third-order valence-electron chi connectivity index (χ3n) is 3.16. The van der Waals surface area contributed by atoms with E-state index < -0.39 is 0 Å². The number of rotatable bonds is 3. The Morgan fingerprint density at radius 3 is 2.86 bits per heavy atom. The first-order chi connectivity index (χ1) is 10.1. The molecule has 21 heavy (non-hydrogen) atoms. The second-order valence-electron chi connectivity index (χ2n) is 4.71. The van der Waals surface area contributed by atoms with Crippen LogP contribution < -0.4 is 5.32 Å². The van der Waals surface area contributed by atoms with Gasteiger partial charge in [0.05, 0.1) is 0 Å². The van der Waals surface area contributed by atoms with Crippen molar-refractivity contribution in [1.82, 2.24) is 4.57 Å². The molecule has 3 rings (SSSR count). The Labute approximate surface area is 135 Å². The fourth-order valence-electron chi connectivity index (χ4n) is 2.23. The molecule has 3 aromatic rings. The van der Waals surface area contributed by atoms with Crippen LogP contribution in [0.1, 0.15) is 0 Å². The van der Waals surface area contributed by atoms with Gasteiger partial charge in [0.25, 0.3) is 0 Å². The Morgan fingerprint density at radius 1 is 1.19 bits per heavy atom. The minimum absolute atomic E-state index is 0.0855. The van der Waals surface area contributed by atoms with Crippen LogP contribution in [0.25, 0.3) is 10.9 Å². The first-order valence-electron chi connectivity index (χ1n) is 6.42. The van der Waals surface area contributed by atoms with Crippen molar-refractivity contribution in [2.24, 2.45) is 0 Å². The summed E-state index contributed by atoms with van der Waals surface area (Å²) in [6, 6.07) is 15.1. The van der Waals surface area contributed by atoms with Gasteiger partial charge >= 0.3 is 0 Å². The van der Waals surface area contributed by atoms with E-state index in [0.29, 0.717) is 10.7 Å². The molecule has 1 aromatic heterocycles. The van der Waals surface area contributed by atoms with Gasteiger partial charge in [-0.2, -0.15) is 0 Å². The fourth-order valence-corrected chi connectivity index (χ4v) is 2.80. The summed E-state index contributed by atoms with van der Waals surface area (Å²) in [5.41, 5.74) is 1.73. The van der Waals surface area contributed by atoms with Crippen molar-refractivity contribution in [2.75, 3.05) is 5.32 Å². The number of carbonyl (C=O) groups is 1. The van der Waals surface area contributed by atoms with Gasteiger partial charge in [0, 0.05) is 32.3 Å². The molecule has 0 saturated heterocycles. The van der Waals surface area contributed by atoms with E-state index in [1.165, 1.54) is 0 Å². The normalized spacial score (nSPS) is 10.8. The molecule has 0 spiro atoms. The van der Waals surface area contributed by atoms with E-state index in [1.54, 1.807) is 18.2 Å². The van der Waals surface area contributed by atoms with E-state index >= 15 is 0 Å². The van der Waals surface area contributed by atoms with Gasteiger partial charge in [-0.25, -0.2) is 0 Å². The minimum atomic E-state index is -0.0855.